The minimum atomic E-state index is -1.03. The van der Waals surface area contributed by atoms with E-state index in [0.29, 0.717) is 16.5 Å². The molecular weight excluding hydrogens is 246 g/mol. The zero-order chi connectivity index (χ0) is 12.4. The Morgan fingerprint density at radius 3 is 3.06 bits per heavy atom. The Morgan fingerprint density at radius 1 is 1.59 bits per heavy atom. The number of amides is 1. The lowest BCUT2D eigenvalue weighted by Crippen LogP contribution is -2.27. The molecule has 0 aliphatic carbocycles. The maximum absolute atomic E-state index is 11.7. The topological polar surface area (TPSA) is 75.6 Å². The first kappa shape index (κ1) is 11.7. The minimum absolute atomic E-state index is 0.0332. The molecule has 1 atom stereocenters. The smallest absolute Gasteiger partial charge is 0.304 e. The normalized spacial score (nSPS) is 18.6. The number of halogens is 1. The van der Waals surface area contributed by atoms with Gasteiger partial charge in [-0.1, -0.05) is 11.6 Å². The number of anilines is 1. The first-order valence-electron chi connectivity index (χ1n) is 5.01. The molecule has 6 heteroatoms. The number of carboxylic acid groups (broad SMARTS) is 1. The summed E-state index contributed by atoms with van der Waals surface area (Å²) in [6.45, 7) is 0.0332. The van der Waals surface area contributed by atoms with Crippen LogP contribution in [0.3, 0.4) is 0 Å². The van der Waals surface area contributed by atoms with Crippen molar-refractivity contribution in [2.45, 2.75) is 6.42 Å². The third-order valence-corrected chi connectivity index (χ3v) is 2.67. The van der Waals surface area contributed by atoms with Crippen molar-refractivity contribution in [3.05, 3.63) is 23.2 Å². The predicted molar refractivity (Wildman–Crippen MR) is 61.3 cm³/mol. The molecule has 1 heterocycles. The summed E-state index contributed by atoms with van der Waals surface area (Å²) >= 11 is 5.80. The summed E-state index contributed by atoms with van der Waals surface area (Å²) < 4.78 is 5.38. The van der Waals surface area contributed by atoms with E-state index in [1.165, 1.54) is 0 Å². The van der Waals surface area contributed by atoms with Gasteiger partial charge in [0, 0.05) is 11.1 Å². The van der Waals surface area contributed by atoms with Crippen LogP contribution in [0.1, 0.15) is 6.42 Å². The van der Waals surface area contributed by atoms with Gasteiger partial charge in [0.15, 0.2) is 0 Å². The van der Waals surface area contributed by atoms with E-state index in [0.717, 1.165) is 0 Å². The molecular formula is C11H10ClNO4. The molecule has 0 bridgehead atoms. The molecule has 1 aromatic carbocycles. The second-order valence-electron chi connectivity index (χ2n) is 3.74. The Labute approximate surface area is 102 Å². The third kappa shape index (κ3) is 2.68. The number of hydrogen-bond acceptors (Lipinski definition) is 3. The summed E-state index contributed by atoms with van der Waals surface area (Å²) in [5, 5.41) is 11.8. The first-order valence-corrected chi connectivity index (χ1v) is 5.39. The molecule has 2 rings (SSSR count). The Kier molecular flexibility index (Phi) is 3.19. The van der Waals surface area contributed by atoms with Crippen LogP contribution in [0.15, 0.2) is 18.2 Å². The largest absolute Gasteiger partial charge is 0.491 e. The fraction of sp³-hybridized carbons (Fsp3) is 0.273. The molecule has 0 saturated heterocycles. The summed E-state index contributed by atoms with van der Waals surface area (Å²) in [6.07, 6.45) is -0.256. The highest BCUT2D eigenvalue weighted by Crippen LogP contribution is 2.31. The zero-order valence-corrected chi connectivity index (χ0v) is 9.53. The van der Waals surface area contributed by atoms with Crippen molar-refractivity contribution in [3.8, 4) is 5.75 Å². The molecule has 1 aliphatic heterocycles. The number of aliphatic carboxylic acids is 1. The van der Waals surface area contributed by atoms with Crippen molar-refractivity contribution in [1.29, 1.82) is 0 Å². The van der Waals surface area contributed by atoms with Crippen molar-refractivity contribution >= 4 is 29.2 Å². The fourth-order valence-electron chi connectivity index (χ4n) is 1.58. The van der Waals surface area contributed by atoms with Crippen LogP contribution in [0.5, 0.6) is 5.75 Å². The van der Waals surface area contributed by atoms with Crippen molar-refractivity contribution in [2.75, 3.05) is 11.9 Å². The molecule has 0 aromatic heterocycles. The number of carbonyl (C=O) groups excluding carboxylic acids is 1. The van der Waals surface area contributed by atoms with Crippen LogP contribution in [0.25, 0.3) is 0 Å². The van der Waals surface area contributed by atoms with Crippen LogP contribution in [-0.4, -0.2) is 23.6 Å². The lowest BCUT2D eigenvalue weighted by molar-refractivity contribution is -0.140. The molecule has 5 nitrogen and oxygen atoms in total. The number of hydrogen-bond donors (Lipinski definition) is 2. The second-order valence-corrected chi connectivity index (χ2v) is 4.17. The van der Waals surface area contributed by atoms with Gasteiger partial charge in [0.2, 0.25) is 5.91 Å². The highest BCUT2D eigenvalue weighted by molar-refractivity contribution is 6.30. The quantitative estimate of drug-likeness (QED) is 0.844. The number of carbonyl (C=O) groups is 2. The lowest BCUT2D eigenvalue weighted by atomic mass is 10.1. The van der Waals surface area contributed by atoms with E-state index in [2.05, 4.69) is 5.32 Å². The van der Waals surface area contributed by atoms with Crippen molar-refractivity contribution in [2.24, 2.45) is 5.92 Å². The maximum atomic E-state index is 11.7. The third-order valence-electron chi connectivity index (χ3n) is 2.43. The van der Waals surface area contributed by atoms with Crippen LogP contribution in [0.2, 0.25) is 5.02 Å². The Bertz CT molecular complexity index is 475. The number of ether oxygens (including phenoxy) is 1. The first-order chi connectivity index (χ1) is 8.06. The number of fused-ring (bicyclic) bond motifs is 1. The van der Waals surface area contributed by atoms with Crippen LogP contribution < -0.4 is 10.1 Å². The fourth-order valence-corrected chi connectivity index (χ4v) is 1.74. The van der Waals surface area contributed by atoms with Gasteiger partial charge >= 0.3 is 5.97 Å². The highest BCUT2D eigenvalue weighted by Gasteiger charge is 2.26. The summed E-state index contributed by atoms with van der Waals surface area (Å²) in [4.78, 5) is 22.3. The molecule has 1 aliphatic rings. The zero-order valence-electron chi connectivity index (χ0n) is 8.77. The molecule has 90 valence electrons. The number of carboxylic acids is 1. The van der Waals surface area contributed by atoms with Crippen LogP contribution in [0.4, 0.5) is 5.69 Å². The average Bonchev–Trinajstić information content (AvgIpc) is 2.39. The molecule has 0 spiro atoms. The average molecular weight is 256 g/mol. The molecule has 0 radical (unpaired) electrons. The van der Waals surface area contributed by atoms with E-state index in [9.17, 15) is 9.59 Å². The van der Waals surface area contributed by atoms with E-state index in [1.54, 1.807) is 18.2 Å². The summed E-state index contributed by atoms with van der Waals surface area (Å²) in [7, 11) is 0. The van der Waals surface area contributed by atoms with Gasteiger partial charge in [0.1, 0.15) is 12.4 Å². The number of nitrogens with one attached hydrogen (secondary N) is 1. The van der Waals surface area contributed by atoms with Crippen LogP contribution in [-0.2, 0) is 9.59 Å². The maximum Gasteiger partial charge on any atom is 0.304 e. The highest BCUT2D eigenvalue weighted by atomic mass is 35.5. The van der Waals surface area contributed by atoms with Gasteiger partial charge in [-0.15, -0.1) is 0 Å². The van der Waals surface area contributed by atoms with Crippen LogP contribution >= 0.6 is 11.6 Å². The van der Waals surface area contributed by atoms with Gasteiger partial charge in [-0.3, -0.25) is 9.59 Å². The molecule has 2 N–H and O–H groups in total. The minimum Gasteiger partial charge on any atom is -0.491 e. The molecule has 0 saturated carbocycles. The predicted octanol–water partition coefficient (Wildman–Crippen LogP) is 1.76. The Balaban J connectivity index is 2.22. The van der Waals surface area contributed by atoms with Crippen molar-refractivity contribution in [1.82, 2.24) is 0 Å². The van der Waals surface area contributed by atoms with Gasteiger partial charge < -0.3 is 15.2 Å². The molecule has 0 fully saturated rings. The van der Waals surface area contributed by atoms with Gasteiger partial charge in [0.05, 0.1) is 18.0 Å². The second kappa shape index (κ2) is 4.63. The Morgan fingerprint density at radius 2 is 2.35 bits per heavy atom. The number of rotatable bonds is 2. The van der Waals surface area contributed by atoms with E-state index in [4.69, 9.17) is 21.4 Å². The Hall–Kier alpha value is -1.75. The van der Waals surface area contributed by atoms with E-state index in [1.807, 2.05) is 0 Å². The van der Waals surface area contributed by atoms with Crippen molar-refractivity contribution < 1.29 is 19.4 Å². The monoisotopic (exact) mass is 255 g/mol. The molecule has 17 heavy (non-hydrogen) atoms. The SMILES string of the molecule is O=C(O)C[C@@H]1COc2cc(Cl)ccc2NC1=O. The van der Waals surface area contributed by atoms with Gasteiger partial charge in [-0.05, 0) is 12.1 Å². The molecule has 1 amide bonds. The summed E-state index contributed by atoms with van der Waals surface area (Å²) in [5.41, 5.74) is 0.507. The molecule has 0 unspecified atom stereocenters. The summed E-state index contributed by atoms with van der Waals surface area (Å²) in [5.74, 6) is -1.62. The lowest BCUT2D eigenvalue weighted by Gasteiger charge is -2.09. The summed E-state index contributed by atoms with van der Waals surface area (Å²) in [6, 6.07) is 4.83. The standard InChI is InChI=1S/C11H10ClNO4/c12-7-1-2-8-9(4-7)17-5-6(3-10(14)15)11(16)13-8/h1-2,4,6H,3,5H2,(H,13,16)(H,14,15)/t6-/m1/s1. The van der Waals surface area contributed by atoms with E-state index < -0.39 is 11.9 Å². The van der Waals surface area contributed by atoms with Gasteiger partial charge in [-0.2, -0.15) is 0 Å². The number of benzene rings is 1. The van der Waals surface area contributed by atoms with E-state index in [-0.39, 0.29) is 18.9 Å². The van der Waals surface area contributed by atoms with Crippen LogP contribution in [0, 0.1) is 5.92 Å². The van der Waals surface area contributed by atoms with E-state index >= 15 is 0 Å². The van der Waals surface area contributed by atoms with Gasteiger partial charge in [-0.25, -0.2) is 0 Å². The van der Waals surface area contributed by atoms with Crippen molar-refractivity contribution in [3.63, 3.8) is 0 Å². The molecule has 1 aromatic rings. The van der Waals surface area contributed by atoms with Gasteiger partial charge in [0.25, 0.3) is 0 Å².